The van der Waals surface area contributed by atoms with Crippen LogP contribution in [-0.4, -0.2) is 45.2 Å². The molecule has 0 saturated carbocycles. The molecule has 0 aromatic rings. The van der Waals surface area contributed by atoms with E-state index in [0.717, 1.165) is 0 Å². The molecule has 7 heteroatoms. The van der Waals surface area contributed by atoms with Gasteiger partial charge in [0.25, 0.3) is 0 Å². The van der Waals surface area contributed by atoms with E-state index in [1.165, 1.54) is 0 Å². The van der Waals surface area contributed by atoms with Crippen LogP contribution < -0.4 is 0 Å². The molecule has 0 heterocycles. The lowest BCUT2D eigenvalue weighted by atomic mass is 10.2. The van der Waals surface area contributed by atoms with Gasteiger partial charge in [-0.3, -0.25) is 0 Å². The van der Waals surface area contributed by atoms with Gasteiger partial charge >= 0.3 is 15.0 Å². The van der Waals surface area contributed by atoms with Gasteiger partial charge in [0.15, 0.2) is 0 Å². The Morgan fingerprint density at radius 3 is 2.10 bits per heavy atom. The van der Waals surface area contributed by atoms with Crippen molar-refractivity contribution in [2.75, 3.05) is 13.2 Å². The Balaban J connectivity index is 4.69. The van der Waals surface area contributed by atoms with Crippen LogP contribution in [-0.2, 0) is 22.8 Å². The number of hydrogen-bond acceptors (Lipinski definition) is 6. The third-order valence-electron chi connectivity index (χ3n) is 2.52. The highest BCUT2D eigenvalue weighted by atomic mass is 28.4. The van der Waals surface area contributed by atoms with E-state index in [2.05, 4.69) is 6.58 Å². The summed E-state index contributed by atoms with van der Waals surface area (Å²) >= 11 is 0. The molecule has 118 valence electrons. The number of esters is 1. The van der Waals surface area contributed by atoms with Crippen molar-refractivity contribution in [3.8, 4) is 0 Å². The van der Waals surface area contributed by atoms with Gasteiger partial charge in [-0.05, 0) is 34.1 Å². The van der Waals surface area contributed by atoms with E-state index >= 15 is 0 Å². The molecule has 0 fully saturated rings. The number of ether oxygens (including phenoxy) is 1. The topological polar surface area (TPSA) is 74.2 Å². The van der Waals surface area contributed by atoms with Crippen LogP contribution in [0.4, 0.5) is 0 Å². The molecule has 0 aliphatic rings. The number of carbonyl (C=O) groups excluding carboxylic acids is 1. The summed E-state index contributed by atoms with van der Waals surface area (Å²) in [6.07, 6.45) is -0.500. The summed E-state index contributed by atoms with van der Waals surface area (Å²) in [4.78, 5) is 21.7. The molecule has 0 amide bonds. The van der Waals surface area contributed by atoms with E-state index in [0.29, 0.717) is 12.0 Å². The fraction of sp³-hybridized carbons (Fsp3) is 0.769. The molecule has 6 nitrogen and oxygen atoms in total. The fourth-order valence-corrected chi connectivity index (χ4v) is 3.11. The summed E-state index contributed by atoms with van der Waals surface area (Å²) in [5.41, 5.74) is 0.317. The van der Waals surface area contributed by atoms with Crippen LogP contribution in [0.1, 0.15) is 41.0 Å². The minimum Gasteiger partial charge on any atom is -0.456 e. The van der Waals surface area contributed by atoms with Crippen molar-refractivity contribution in [3.05, 3.63) is 12.2 Å². The highest BCUT2D eigenvalue weighted by molar-refractivity contribution is 6.52. The van der Waals surface area contributed by atoms with Crippen molar-refractivity contribution in [2.45, 2.75) is 53.2 Å². The molecule has 0 aromatic heterocycles. The van der Waals surface area contributed by atoms with Crippen LogP contribution >= 0.6 is 0 Å². The molecule has 0 aromatic carbocycles. The smallest absolute Gasteiger partial charge is 0.456 e. The maximum Gasteiger partial charge on any atom is 0.677 e. The molecular weight excluding hydrogens is 280 g/mol. The molecule has 1 N–H and O–H groups in total. The second-order valence-corrected chi connectivity index (χ2v) is 6.21. The molecule has 2 atom stereocenters. The molecule has 0 rings (SSSR count). The maximum absolute atomic E-state index is 11.5. The average Bonchev–Trinajstić information content (AvgIpc) is 2.35. The number of rotatable bonds is 10. The molecule has 2 unspecified atom stereocenters. The lowest BCUT2D eigenvalue weighted by Crippen LogP contribution is -2.51. The zero-order valence-electron chi connectivity index (χ0n) is 13.0. The van der Waals surface area contributed by atoms with Gasteiger partial charge < -0.3 is 22.8 Å². The summed E-state index contributed by atoms with van der Waals surface area (Å²) < 4.78 is 21.1. The molecule has 0 radical (unpaired) electrons. The van der Waals surface area contributed by atoms with Gasteiger partial charge in [-0.15, -0.1) is 0 Å². The van der Waals surface area contributed by atoms with Crippen molar-refractivity contribution < 1.29 is 27.6 Å². The first-order valence-electron chi connectivity index (χ1n) is 6.84. The van der Waals surface area contributed by atoms with Crippen LogP contribution in [0.2, 0.25) is 0 Å². The lowest BCUT2D eigenvalue weighted by Gasteiger charge is -2.29. The standard InChI is InChI=1S/C13H26O6Si/c1-7-12(18-13(14)10(4)5)11(6)19-20(15,16-8-2)17-9-3/h11-12,15H,4,7-9H2,1-3,5-6H3. The Bertz CT molecular complexity index is 314. The Morgan fingerprint density at radius 1 is 1.25 bits per heavy atom. The van der Waals surface area contributed by atoms with Crippen LogP contribution in [0.25, 0.3) is 0 Å². The van der Waals surface area contributed by atoms with Crippen LogP contribution in [0.15, 0.2) is 12.2 Å². The predicted octanol–water partition coefficient (Wildman–Crippen LogP) is 1.79. The van der Waals surface area contributed by atoms with E-state index in [1.807, 2.05) is 6.92 Å². The molecule has 0 aliphatic carbocycles. The van der Waals surface area contributed by atoms with Gasteiger partial charge in [0.05, 0.1) is 6.10 Å². The van der Waals surface area contributed by atoms with Crippen LogP contribution in [0.5, 0.6) is 0 Å². The normalized spacial score (nSPS) is 14.7. The van der Waals surface area contributed by atoms with E-state index < -0.39 is 27.2 Å². The molecular formula is C13H26O6Si. The van der Waals surface area contributed by atoms with E-state index in [9.17, 15) is 9.59 Å². The third-order valence-corrected chi connectivity index (χ3v) is 4.50. The van der Waals surface area contributed by atoms with Crippen LogP contribution in [0.3, 0.4) is 0 Å². The first kappa shape index (κ1) is 19.3. The van der Waals surface area contributed by atoms with Crippen molar-refractivity contribution >= 4 is 15.0 Å². The average molecular weight is 306 g/mol. The molecule has 0 saturated heterocycles. The molecule has 0 spiro atoms. The quantitative estimate of drug-likeness (QED) is 0.377. The van der Waals surface area contributed by atoms with Gasteiger partial charge in [0.1, 0.15) is 6.10 Å². The Labute approximate surface area is 122 Å². The largest absolute Gasteiger partial charge is 0.677 e. The Kier molecular flexibility index (Phi) is 8.91. The summed E-state index contributed by atoms with van der Waals surface area (Å²) in [5, 5.41) is 0. The Morgan fingerprint density at radius 2 is 1.75 bits per heavy atom. The minimum atomic E-state index is -3.68. The maximum atomic E-state index is 11.5. The Hall–Kier alpha value is -0.733. The van der Waals surface area contributed by atoms with Gasteiger partial charge in [-0.25, -0.2) is 4.79 Å². The van der Waals surface area contributed by atoms with E-state index in [4.69, 9.17) is 18.0 Å². The predicted molar refractivity (Wildman–Crippen MR) is 76.8 cm³/mol. The van der Waals surface area contributed by atoms with Crippen molar-refractivity contribution in [3.63, 3.8) is 0 Å². The summed E-state index contributed by atoms with van der Waals surface area (Å²) in [6.45, 7) is 12.7. The highest BCUT2D eigenvalue weighted by Gasteiger charge is 2.44. The molecule has 20 heavy (non-hydrogen) atoms. The van der Waals surface area contributed by atoms with E-state index in [-0.39, 0.29) is 13.2 Å². The summed E-state index contributed by atoms with van der Waals surface area (Å²) in [5.74, 6) is -0.481. The molecule has 0 aliphatic heterocycles. The van der Waals surface area contributed by atoms with Gasteiger partial charge in [0, 0.05) is 18.8 Å². The van der Waals surface area contributed by atoms with E-state index in [1.54, 1.807) is 27.7 Å². The molecule has 0 bridgehead atoms. The van der Waals surface area contributed by atoms with Crippen molar-refractivity contribution in [1.82, 2.24) is 0 Å². The lowest BCUT2D eigenvalue weighted by molar-refractivity contribution is -0.152. The number of hydrogen-bond donors (Lipinski definition) is 1. The number of carbonyl (C=O) groups is 1. The van der Waals surface area contributed by atoms with Crippen molar-refractivity contribution in [1.29, 1.82) is 0 Å². The first-order chi connectivity index (χ1) is 9.29. The highest BCUT2D eigenvalue weighted by Crippen LogP contribution is 2.16. The zero-order chi connectivity index (χ0) is 15.8. The second-order valence-electron chi connectivity index (χ2n) is 4.35. The van der Waals surface area contributed by atoms with Gasteiger partial charge in [-0.2, -0.15) is 0 Å². The van der Waals surface area contributed by atoms with Gasteiger partial charge in [0.2, 0.25) is 0 Å². The monoisotopic (exact) mass is 306 g/mol. The fourth-order valence-electron chi connectivity index (χ4n) is 1.53. The first-order valence-corrected chi connectivity index (χ1v) is 8.51. The van der Waals surface area contributed by atoms with Crippen LogP contribution in [0, 0.1) is 0 Å². The second kappa shape index (κ2) is 9.25. The SMILES string of the molecule is C=C(C)C(=O)OC(CC)C(C)O[Si](O)(OCC)OCC. The van der Waals surface area contributed by atoms with Crippen molar-refractivity contribution in [2.24, 2.45) is 0 Å². The van der Waals surface area contributed by atoms with Gasteiger partial charge in [-0.1, -0.05) is 13.5 Å². The zero-order valence-corrected chi connectivity index (χ0v) is 14.0. The summed E-state index contributed by atoms with van der Waals surface area (Å²) in [7, 11) is -3.68. The summed E-state index contributed by atoms with van der Waals surface area (Å²) in [6, 6.07) is 0. The minimum absolute atomic E-state index is 0.276. The third kappa shape index (κ3) is 6.62.